The van der Waals surface area contributed by atoms with E-state index in [9.17, 15) is 13.2 Å². The number of aromatic nitrogens is 2. The summed E-state index contributed by atoms with van der Waals surface area (Å²) in [6.07, 6.45) is -1.31. The molecule has 1 aromatic carbocycles. The molecule has 19 heavy (non-hydrogen) atoms. The minimum atomic E-state index is -4.54. The summed E-state index contributed by atoms with van der Waals surface area (Å²) >= 11 is 2.04. The molecule has 0 spiro atoms. The van der Waals surface area contributed by atoms with Gasteiger partial charge < -0.3 is 5.73 Å². The van der Waals surface area contributed by atoms with Crippen LogP contribution in [0.4, 0.5) is 13.2 Å². The number of nitrogens with two attached hydrogens (primary N) is 1. The Labute approximate surface area is 120 Å². The molecule has 0 saturated carbocycles. The van der Waals surface area contributed by atoms with Crippen LogP contribution in [0, 0.1) is 8.98 Å². The lowest BCUT2D eigenvalue weighted by atomic mass is 10.1. The van der Waals surface area contributed by atoms with Crippen molar-refractivity contribution in [2.45, 2.75) is 6.18 Å². The standard InChI is InChI=1S/C11H8F3IN4/c12-11(13,14)9-2-1-7(3-8(9)10(16)17)19-5-6(15)4-18-19/h1-5H,(H3,16,17). The van der Waals surface area contributed by atoms with Crippen LogP contribution >= 0.6 is 22.6 Å². The van der Waals surface area contributed by atoms with Gasteiger partial charge in [0.05, 0.1) is 21.0 Å². The summed E-state index contributed by atoms with van der Waals surface area (Å²) in [5.74, 6) is -0.629. The average Bonchev–Trinajstić information content (AvgIpc) is 2.74. The maximum absolute atomic E-state index is 12.8. The second-order valence-corrected chi connectivity index (χ2v) is 4.99. The molecule has 0 fully saturated rings. The van der Waals surface area contributed by atoms with Crippen molar-refractivity contribution in [1.29, 1.82) is 5.41 Å². The number of alkyl halides is 3. The second kappa shape index (κ2) is 4.83. The highest BCUT2D eigenvalue weighted by molar-refractivity contribution is 14.1. The van der Waals surface area contributed by atoms with Crippen LogP contribution in [0.15, 0.2) is 30.6 Å². The van der Waals surface area contributed by atoms with Gasteiger partial charge in [-0.1, -0.05) is 0 Å². The third-order valence-corrected chi connectivity index (χ3v) is 2.97. The third kappa shape index (κ3) is 2.88. The van der Waals surface area contributed by atoms with Crippen molar-refractivity contribution in [1.82, 2.24) is 9.78 Å². The molecule has 0 aliphatic rings. The Bertz CT molecular complexity index is 633. The summed E-state index contributed by atoms with van der Waals surface area (Å²) in [5, 5.41) is 11.3. The van der Waals surface area contributed by atoms with Crippen LogP contribution in [0.3, 0.4) is 0 Å². The van der Waals surface area contributed by atoms with E-state index in [1.54, 1.807) is 12.4 Å². The topological polar surface area (TPSA) is 67.7 Å². The van der Waals surface area contributed by atoms with Crippen molar-refractivity contribution in [3.8, 4) is 5.69 Å². The third-order valence-electron chi connectivity index (χ3n) is 2.41. The van der Waals surface area contributed by atoms with E-state index in [0.717, 1.165) is 9.64 Å². The van der Waals surface area contributed by atoms with Crippen molar-refractivity contribution < 1.29 is 13.2 Å². The quantitative estimate of drug-likeness (QED) is 0.478. The molecule has 1 heterocycles. The number of rotatable bonds is 2. The van der Waals surface area contributed by atoms with Crippen molar-refractivity contribution in [3.05, 3.63) is 45.3 Å². The van der Waals surface area contributed by atoms with Crippen LogP contribution in [0.5, 0.6) is 0 Å². The van der Waals surface area contributed by atoms with Crippen molar-refractivity contribution in [2.75, 3.05) is 0 Å². The fourth-order valence-corrected chi connectivity index (χ4v) is 1.98. The van der Waals surface area contributed by atoms with E-state index in [4.69, 9.17) is 11.1 Å². The van der Waals surface area contributed by atoms with E-state index >= 15 is 0 Å². The predicted molar refractivity (Wildman–Crippen MR) is 72.3 cm³/mol. The van der Waals surface area contributed by atoms with Gasteiger partial charge in [0, 0.05) is 11.8 Å². The lowest BCUT2D eigenvalue weighted by Gasteiger charge is -2.13. The van der Waals surface area contributed by atoms with Crippen LogP contribution < -0.4 is 5.73 Å². The molecule has 8 heteroatoms. The number of hydrogen-bond acceptors (Lipinski definition) is 2. The molecule has 4 nitrogen and oxygen atoms in total. The van der Waals surface area contributed by atoms with E-state index in [1.807, 2.05) is 22.6 Å². The SMILES string of the molecule is N=C(N)c1cc(-n2cc(I)cn2)ccc1C(F)(F)F. The van der Waals surface area contributed by atoms with Crippen molar-refractivity contribution in [2.24, 2.45) is 5.73 Å². The molecule has 0 aliphatic heterocycles. The molecule has 2 rings (SSSR count). The first-order chi connectivity index (χ1) is 8.79. The minimum Gasteiger partial charge on any atom is -0.384 e. The Morgan fingerprint density at radius 3 is 2.53 bits per heavy atom. The Balaban J connectivity index is 2.57. The van der Waals surface area contributed by atoms with E-state index in [1.165, 1.54) is 16.8 Å². The molecule has 1 aromatic heterocycles. The molecule has 3 N–H and O–H groups in total. The summed E-state index contributed by atoms with van der Waals surface area (Å²) in [7, 11) is 0. The first-order valence-corrected chi connectivity index (χ1v) is 6.13. The highest BCUT2D eigenvalue weighted by Gasteiger charge is 2.34. The molecule has 0 unspecified atom stereocenters. The molecule has 100 valence electrons. The highest BCUT2D eigenvalue weighted by atomic mass is 127. The summed E-state index contributed by atoms with van der Waals surface area (Å²) < 4.78 is 40.6. The van der Waals surface area contributed by atoms with E-state index in [-0.39, 0.29) is 5.56 Å². The first-order valence-electron chi connectivity index (χ1n) is 5.05. The van der Waals surface area contributed by atoms with Gasteiger partial charge in [-0.2, -0.15) is 18.3 Å². The van der Waals surface area contributed by atoms with Gasteiger partial charge in [0.25, 0.3) is 0 Å². The summed E-state index contributed by atoms with van der Waals surface area (Å²) in [6, 6.07) is 3.40. The number of nitrogens with zero attached hydrogens (tertiary/aromatic N) is 2. The molecule has 0 aliphatic carbocycles. The summed E-state index contributed by atoms with van der Waals surface area (Å²) in [6.45, 7) is 0. The van der Waals surface area contributed by atoms with Crippen LogP contribution in [0.2, 0.25) is 0 Å². The maximum Gasteiger partial charge on any atom is 0.417 e. The second-order valence-electron chi connectivity index (χ2n) is 3.74. The van der Waals surface area contributed by atoms with Gasteiger partial charge in [0.1, 0.15) is 5.84 Å². The van der Waals surface area contributed by atoms with Gasteiger partial charge in [-0.3, -0.25) is 5.41 Å². The summed E-state index contributed by atoms with van der Waals surface area (Å²) in [4.78, 5) is 0. The van der Waals surface area contributed by atoms with Crippen molar-refractivity contribution in [3.63, 3.8) is 0 Å². The molecule has 2 aromatic rings. The Morgan fingerprint density at radius 2 is 2.05 bits per heavy atom. The number of nitrogen functional groups attached to an aromatic ring is 1. The fraction of sp³-hybridized carbons (Fsp3) is 0.0909. The fourth-order valence-electron chi connectivity index (χ4n) is 1.59. The minimum absolute atomic E-state index is 0.351. The predicted octanol–water partition coefficient (Wildman–Crippen LogP) is 2.78. The molecule has 0 atom stereocenters. The monoisotopic (exact) mass is 380 g/mol. The molecule has 0 saturated heterocycles. The van der Waals surface area contributed by atoms with Gasteiger partial charge in [-0.15, -0.1) is 0 Å². The van der Waals surface area contributed by atoms with Crippen LogP contribution in [0.25, 0.3) is 5.69 Å². The Hall–Kier alpha value is -1.58. The normalized spacial score (nSPS) is 11.6. The van der Waals surface area contributed by atoms with Gasteiger partial charge >= 0.3 is 6.18 Å². The van der Waals surface area contributed by atoms with E-state index in [0.29, 0.717) is 5.69 Å². The number of halogens is 4. The highest BCUT2D eigenvalue weighted by Crippen LogP contribution is 2.32. The number of hydrogen-bond donors (Lipinski definition) is 2. The van der Waals surface area contributed by atoms with Gasteiger partial charge in [-0.05, 0) is 40.8 Å². The van der Waals surface area contributed by atoms with Crippen LogP contribution in [-0.2, 0) is 6.18 Å². The number of amidine groups is 1. The molecular formula is C11H8F3IN4. The zero-order chi connectivity index (χ0) is 14.2. The number of benzene rings is 1. The molecule has 0 radical (unpaired) electrons. The molecule has 0 bridgehead atoms. The van der Waals surface area contributed by atoms with Crippen LogP contribution in [-0.4, -0.2) is 15.6 Å². The number of nitrogens with one attached hydrogen (secondary N) is 1. The largest absolute Gasteiger partial charge is 0.417 e. The average molecular weight is 380 g/mol. The van der Waals surface area contributed by atoms with E-state index < -0.39 is 17.6 Å². The first kappa shape index (κ1) is 13.8. The Morgan fingerprint density at radius 1 is 1.37 bits per heavy atom. The van der Waals surface area contributed by atoms with Gasteiger partial charge in [0.2, 0.25) is 0 Å². The van der Waals surface area contributed by atoms with Gasteiger partial charge in [-0.25, -0.2) is 4.68 Å². The zero-order valence-corrected chi connectivity index (χ0v) is 11.5. The van der Waals surface area contributed by atoms with Crippen molar-refractivity contribution >= 4 is 28.4 Å². The lowest BCUT2D eigenvalue weighted by molar-refractivity contribution is -0.137. The smallest absolute Gasteiger partial charge is 0.384 e. The lowest BCUT2D eigenvalue weighted by Crippen LogP contribution is -2.19. The zero-order valence-electron chi connectivity index (χ0n) is 9.37. The maximum atomic E-state index is 12.8. The molecule has 0 amide bonds. The van der Waals surface area contributed by atoms with Crippen LogP contribution in [0.1, 0.15) is 11.1 Å². The Kier molecular flexibility index (Phi) is 3.52. The summed E-state index contributed by atoms with van der Waals surface area (Å²) in [5.41, 5.74) is 4.36. The molecular weight excluding hydrogens is 372 g/mol. The van der Waals surface area contributed by atoms with Gasteiger partial charge in [0.15, 0.2) is 0 Å². The van der Waals surface area contributed by atoms with E-state index in [2.05, 4.69) is 5.10 Å².